The summed E-state index contributed by atoms with van der Waals surface area (Å²) >= 11 is 6.37. The molecule has 3 rings (SSSR count). The van der Waals surface area contributed by atoms with E-state index in [4.69, 9.17) is 25.8 Å². The van der Waals surface area contributed by atoms with Crippen LogP contribution < -0.4 is 14.2 Å². The first-order valence-electron chi connectivity index (χ1n) is 9.26. The SMILES string of the molecule is C=CCOc1c(Cl)cc(C=Nc2ccc(Oc3ccccc3)cc2)cc1OCC. The Morgan fingerprint density at radius 3 is 2.38 bits per heavy atom. The summed E-state index contributed by atoms with van der Waals surface area (Å²) in [4.78, 5) is 4.51. The van der Waals surface area contributed by atoms with Crippen LogP contribution in [0.3, 0.4) is 0 Å². The minimum Gasteiger partial charge on any atom is -0.490 e. The van der Waals surface area contributed by atoms with E-state index in [-0.39, 0.29) is 0 Å². The van der Waals surface area contributed by atoms with Gasteiger partial charge in [-0.2, -0.15) is 0 Å². The number of para-hydroxylation sites is 1. The van der Waals surface area contributed by atoms with Crippen molar-refractivity contribution in [1.82, 2.24) is 0 Å². The van der Waals surface area contributed by atoms with Crippen LogP contribution >= 0.6 is 11.6 Å². The van der Waals surface area contributed by atoms with Crippen LogP contribution in [0.1, 0.15) is 12.5 Å². The van der Waals surface area contributed by atoms with Crippen LogP contribution in [0.5, 0.6) is 23.0 Å². The standard InChI is InChI=1S/C24H22ClNO3/c1-3-14-28-24-22(25)15-18(16-23(24)27-4-2)17-26-19-10-12-21(13-11-19)29-20-8-6-5-7-9-20/h3,5-13,15-17H,1,4,14H2,2H3. The molecule has 0 fully saturated rings. The molecule has 0 radical (unpaired) electrons. The quantitative estimate of drug-likeness (QED) is 0.287. The second kappa shape index (κ2) is 10.3. The molecule has 3 aromatic rings. The Kier molecular flexibility index (Phi) is 7.31. The van der Waals surface area contributed by atoms with E-state index in [1.54, 1.807) is 18.4 Å². The Morgan fingerprint density at radius 2 is 1.69 bits per heavy atom. The lowest BCUT2D eigenvalue weighted by Crippen LogP contribution is -2.00. The van der Waals surface area contributed by atoms with Crippen molar-refractivity contribution in [2.45, 2.75) is 6.92 Å². The fraction of sp³-hybridized carbons (Fsp3) is 0.125. The lowest BCUT2D eigenvalue weighted by molar-refractivity contribution is 0.297. The predicted molar refractivity (Wildman–Crippen MR) is 119 cm³/mol. The van der Waals surface area contributed by atoms with Gasteiger partial charge in [-0.15, -0.1) is 0 Å². The molecule has 0 aliphatic rings. The van der Waals surface area contributed by atoms with Gasteiger partial charge in [0.2, 0.25) is 0 Å². The summed E-state index contributed by atoms with van der Waals surface area (Å²) in [6.07, 6.45) is 3.39. The lowest BCUT2D eigenvalue weighted by Gasteiger charge is -2.13. The first-order chi connectivity index (χ1) is 14.2. The maximum absolute atomic E-state index is 6.37. The molecule has 0 aromatic heterocycles. The highest BCUT2D eigenvalue weighted by Gasteiger charge is 2.11. The summed E-state index contributed by atoms with van der Waals surface area (Å²) in [6, 6.07) is 20.8. The summed E-state index contributed by atoms with van der Waals surface area (Å²) in [6.45, 7) is 6.42. The van der Waals surface area contributed by atoms with Crippen molar-refractivity contribution in [3.63, 3.8) is 0 Å². The van der Waals surface area contributed by atoms with Crippen molar-refractivity contribution in [3.8, 4) is 23.0 Å². The van der Waals surface area contributed by atoms with Gasteiger partial charge in [0.05, 0.1) is 17.3 Å². The molecule has 0 saturated heterocycles. The van der Waals surface area contributed by atoms with Crippen LogP contribution in [0.2, 0.25) is 5.02 Å². The lowest BCUT2D eigenvalue weighted by atomic mass is 10.2. The zero-order valence-electron chi connectivity index (χ0n) is 16.2. The molecule has 5 heteroatoms. The van der Waals surface area contributed by atoms with Gasteiger partial charge < -0.3 is 14.2 Å². The molecule has 0 unspecified atom stereocenters. The molecule has 29 heavy (non-hydrogen) atoms. The second-order valence-electron chi connectivity index (χ2n) is 6.03. The summed E-state index contributed by atoms with van der Waals surface area (Å²) in [5, 5.41) is 0.464. The molecule has 0 aliphatic heterocycles. The maximum atomic E-state index is 6.37. The van der Waals surface area contributed by atoms with E-state index in [2.05, 4.69) is 11.6 Å². The van der Waals surface area contributed by atoms with Gasteiger partial charge in [0, 0.05) is 6.21 Å². The third-order valence-corrected chi connectivity index (χ3v) is 4.14. The summed E-state index contributed by atoms with van der Waals surface area (Å²) < 4.78 is 17.1. The van der Waals surface area contributed by atoms with Crippen molar-refractivity contribution in [2.24, 2.45) is 4.99 Å². The largest absolute Gasteiger partial charge is 0.490 e. The Morgan fingerprint density at radius 1 is 0.966 bits per heavy atom. The third-order valence-electron chi connectivity index (χ3n) is 3.86. The Bertz CT molecular complexity index is 969. The van der Waals surface area contributed by atoms with E-state index < -0.39 is 0 Å². The third kappa shape index (κ3) is 5.87. The zero-order valence-corrected chi connectivity index (χ0v) is 16.9. The smallest absolute Gasteiger partial charge is 0.180 e. The van der Waals surface area contributed by atoms with Crippen molar-refractivity contribution in [1.29, 1.82) is 0 Å². The van der Waals surface area contributed by atoms with Crippen LogP contribution in [0, 0.1) is 0 Å². The molecule has 0 aliphatic carbocycles. The van der Waals surface area contributed by atoms with Gasteiger partial charge >= 0.3 is 0 Å². The maximum Gasteiger partial charge on any atom is 0.180 e. The first kappa shape index (κ1) is 20.5. The van der Waals surface area contributed by atoms with Gasteiger partial charge in [-0.3, -0.25) is 4.99 Å². The topological polar surface area (TPSA) is 40.0 Å². The Hall–Kier alpha value is -3.24. The van der Waals surface area contributed by atoms with E-state index in [1.807, 2.05) is 67.6 Å². The van der Waals surface area contributed by atoms with Crippen LogP contribution in [-0.4, -0.2) is 19.4 Å². The Labute approximate surface area is 176 Å². The van der Waals surface area contributed by atoms with Crippen molar-refractivity contribution in [2.75, 3.05) is 13.2 Å². The highest BCUT2D eigenvalue weighted by atomic mass is 35.5. The molecule has 0 atom stereocenters. The molecule has 0 N–H and O–H groups in total. The summed E-state index contributed by atoms with van der Waals surface area (Å²) in [5.41, 5.74) is 1.61. The number of aliphatic imine (C=N–C) groups is 1. The molecule has 0 bridgehead atoms. The fourth-order valence-electron chi connectivity index (χ4n) is 2.58. The van der Waals surface area contributed by atoms with Crippen LogP contribution in [0.4, 0.5) is 5.69 Å². The van der Waals surface area contributed by atoms with Gasteiger partial charge in [-0.25, -0.2) is 0 Å². The number of halogens is 1. The van der Waals surface area contributed by atoms with Crippen molar-refractivity contribution in [3.05, 3.63) is 90.0 Å². The van der Waals surface area contributed by atoms with Gasteiger partial charge in [0.1, 0.15) is 18.1 Å². The number of hydrogen-bond acceptors (Lipinski definition) is 4. The fourth-order valence-corrected chi connectivity index (χ4v) is 2.86. The van der Waals surface area contributed by atoms with E-state index in [1.165, 1.54) is 0 Å². The number of benzene rings is 3. The van der Waals surface area contributed by atoms with Crippen molar-refractivity contribution < 1.29 is 14.2 Å². The highest BCUT2D eigenvalue weighted by molar-refractivity contribution is 6.32. The van der Waals surface area contributed by atoms with Crippen LogP contribution in [-0.2, 0) is 0 Å². The molecule has 0 saturated carbocycles. The van der Waals surface area contributed by atoms with E-state index in [0.717, 1.165) is 22.7 Å². The van der Waals surface area contributed by atoms with Crippen molar-refractivity contribution >= 4 is 23.5 Å². The minimum atomic E-state index is 0.352. The molecular formula is C24H22ClNO3. The van der Waals surface area contributed by atoms with Gasteiger partial charge in [0.25, 0.3) is 0 Å². The molecule has 0 spiro atoms. The molecule has 3 aromatic carbocycles. The first-order valence-corrected chi connectivity index (χ1v) is 9.64. The minimum absolute atomic E-state index is 0.352. The number of ether oxygens (including phenoxy) is 3. The number of hydrogen-bond donors (Lipinski definition) is 0. The van der Waals surface area contributed by atoms with Crippen LogP contribution in [0.25, 0.3) is 0 Å². The Balaban J connectivity index is 1.74. The molecule has 0 amide bonds. The summed E-state index contributed by atoms with van der Waals surface area (Å²) in [5.74, 6) is 2.63. The predicted octanol–water partition coefficient (Wildman–Crippen LogP) is 6.85. The highest BCUT2D eigenvalue weighted by Crippen LogP contribution is 2.36. The van der Waals surface area contributed by atoms with Gasteiger partial charge in [0.15, 0.2) is 11.5 Å². The van der Waals surface area contributed by atoms with E-state index >= 15 is 0 Å². The molecule has 0 heterocycles. The average molecular weight is 408 g/mol. The van der Waals surface area contributed by atoms with E-state index in [9.17, 15) is 0 Å². The van der Waals surface area contributed by atoms with Gasteiger partial charge in [-0.1, -0.05) is 42.5 Å². The van der Waals surface area contributed by atoms with E-state index in [0.29, 0.717) is 29.7 Å². The molecule has 4 nitrogen and oxygen atoms in total. The monoisotopic (exact) mass is 407 g/mol. The summed E-state index contributed by atoms with van der Waals surface area (Å²) in [7, 11) is 0. The van der Waals surface area contributed by atoms with Gasteiger partial charge in [-0.05, 0) is 61.0 Å². The second-order valence-corrected chi connectivity index (χ2v) is 6.44. The normalized spacial score (nSPS) is 10.7. The van der Waals surface area contributed by atoms with Crippen LogP contribution in [0.15, 0.2) is 84.4 Å². The number of rotatable bonds is 9. The number of nitrogens with zero attached hydrogens (tertiary/aromatic N) is 1. The molecule has 148 valence electrons. The zero-order chi connectivity index (χ0) is 20.5. The molecular weight excluding hydrogens is 386 g/mol. The average Bonchev–Trinajstić information content (AvgIpc) is 2.74.